The van der Waals surface area contributed by atoms with Gasteiger partial charge >= 0.3 is 6.18 Å². The Morgan fingerprint density at radius 1 is 1.18 bits per heavy atom. The Morgan fingerprint density at radius 3 is 2.29 bits per heavy atom. The van der Waals surface area contributed by atoms with Crippen LogP contribution in [0.25, 0.3) is 5.69 Å². The Labute approximate surface area is 96.7 Å². The van der Waals surface area contributed by atoms with Crippen molar-refractivity contribution in [2.24, 2.45) is 0 Å². The molecule has 0 fully saturated rings. The summed E-state index contributed by atoms with van der Waals surface area (Å²) in [6.45, 7) is 1.97. The van der Waals surface area contributed by atoms with E-state index in [4.69, 9.17) is 0 Å². The van der Waals surface area contributed by atoms with Crippen molar-refractivity contribution < 1.29 is 13.2 Å². The minimum Gasteiger partial charge on any atom is -0.306 e. The number of hydrogen-bond donors (Lipinski definition) is 0. The standard InChI is InChI=1S/C12H11F3N2/c1-2-10-7-17(8-16-10)11-5-3-9(4-6-11)12(13,14)15/h3-8H,2H2,1H3. The maximum absolute atomic E-state index is 12.4. The zero-order valence-electron chi connectivity index (χ0n) is 9.20. The van der Waals surface area contributed by atoms with Gasteiger partial charge in [0.1, 0.15) is 0 Å². The highest BCUT2D eigenvalue weighted by molar-refractivity contribution is 5.36. The predicted octanol–water partition coefficient (Wildman–Crippen LogP) is 3.45. The van der Waals surface area contributed by atoms with Gasteiger partial charge in [0, 0.05) is 11.9 Å². The van der Waals surface area contributed by atoms with Gasteiger partial charge in [0.15, 0.2) is 0 Å². The predicted molar refractivity (Wildman–Crippen MR) is 57.9 cm³/mol. The summed E-state index contributed by atoms with van der Waals surface area (Å²) in [5.74, 6) is 0. The lowest BCUT2D eigenvalue weighted by molar-refractivity contribution is -0.137. The molecule has 1 heterocycles. The van der Waals surface area contributed by atoms with Crippen LogP contribution >= 0.6 is 0 Å². The summed E-state index contributed by atoms with van der Waals surface area (Å²) in [6, 6.07) is 5.01. The molecule has 90 valence electrons. The molecule has 1 aromatic heterocycles. The van der Waals surface area contributed by atoms with Crippen molar-refractivity contribution in [2.45, 2.75) is 19.5 Å². The summed E-state index contributed by atoms with van der Waals surface area (Å²) >= 11 is 0. The van der Waals surface area contributed by atoms with E-state index in [1.807, 2.05) is 13.1 Å². The highest BCUT2D eigenvalue weighted by atomic mass is 19.4. The molecule has 0 aliphatic carbocycles. The van der Waals surface area contributed by atoms with Crippen LogP contribution in [0.5, 0.6) is 0 Å². The smallest absolute Gasteiger partial charge is 0.306 e. The number of halogens is 3. The molecule has 1 aromatic carbocycles. The normalized spacial score (nSPS) is 11.8. The average Bonchev–Trinajstić information content (AvgIpc) is 2.76. The lowest BCUT2D eigenvalue weighted by Crippen LogP contribution is -2.04. The second-order valence-corrected chi connectivity index (χ2v) is 3.67. The van der Waals surface area contributed by atoms with Crippen molar-refractivity contribution in [3.8, 4) is 5.69 Å². The third-order valence-electron chi connectivity index (χ3n) is 2.49. The summed E-state index contributed by atoms with van der Waals surface area (Å²) in [6.07, 6.45) is -0.0836. The summed E-state index contributed by atoms with van der Waals surface area (Å²) in [4.78, 5) is 4.12. The average molecular weight is 240 g/mol. The fourth-order valence-corrected chi connectivity index (χ4v) is 1.51. The highest BCUT2D eigenvalue weighted by Crippen LogP contribution is 2.29. The second-order valence-electron chi connectivity index (χ2n) is 3.67. The van der Waals surface area contributed by atoms with Gasteiger partial charge in [-0.2, -0.15) is 13.2 Å². The van der Waals surface area contributed by atoms with Crippen molar-refractivity contribution >= 4 is 0 Å². The van der Waals surface area contributed by atoms with Crippen molar-refractivity contribution in [3.63, 3.8) is 0 Å². The molecule has 0 saturated carbocycles. The van der Waals surface area contributed by atoms with Gasteiger partial charge in [-0.1, -0.05) is 6.92 Å². The van der Waals surface area contributed by atoms with Gasteiger partial charge in [-0.15, -0.1) is 0 Å². The number of hydrogen-bond acceptors (Lipinski definition) is 1. The fraction of sp³-hybridized carbons (Fsp3) is 0.250. The van der Waals surface area contributed by atoms with Gasteiger partial charge in [0.05, 0.1) is 17.6 Å². The van der Waals surface area contributed by atoms with Crippen molar-refractivity contribution in [1.29, 1.82) is 0 Å². The Balaban J connectivity index is 2.29. The molecule has 2 aromatic rings. The Kier molecular flexibility index (Phi) is 2.92. The summed E-state index contributed by atoms with van der Waals surface area (Å²) in [7, 11) is 0. The van der Waals surface area contributed by atoms with Crippen molar-refractivity contribution in [2.75, 3.05) is 0 Å². The van der Waals surface area contributed by atoms with Crippen LogP contribution in [0.1, 0.15) is 18.2 Å². The summed E-state index contributed by atoms with van der Waals surface area (Å²) in [5.41, 5.74) is 0.937. The van der Waals surface area contributed by atoms with Crippen LogP contribution in [0.4, 0.5) is 13.2 Å². The largest absolute Gasteiger partial charge is 0.416 e. The monoisotopic (exact) mass is 240 g/mol. The Hall–Kier alpha value is -1.78. The number of benzene rings is 1. The lowest BCUT2D eigenvalue weighted by atomic mass is 10.2. The molecule has 0 atom stereocenters. The minimum absolute atomic E-state index is 0.642. The Morgan fingerprint density at radius 2 is 1.82 bits per heavy atom. The summed E-state index contributed by atoms with van der Waals surface area (Å²) in [5, 5.41) is 0. The molecule has 0 aliphatic rings. The van der Waals surface area contributed by atoms with E-state index in [9.17, 15) is 13.2 Å². The first-order valence-corrected chi connectivity index (χ1v) is 5.21. The van der Waals surface area contributed by atoms with Gasteiger partial charge in [0.25, 0.3) is 0 Å². The van der Waals surface area contributed by atoms with Gasteiger partial charge in [-0.3, -0.25) is 0 Å². The first-order chi connectivity index (χ1) is 8.00. The highest BCUT2D eigenvalue weighted by Gasteiger charge is 2.29. The SMILES string of the molecule is CCc1cn(-c2ccc(C(F)(F)F)cc2)cn1. The van der Waals surface area contributed by atoms with Crippen LogP contribution in [0.2, 0.25) is 0 Å². The Bertz CT molecular complexity index is 497. The van der Waals surface area contributed by atoms with Crippen LogP contribution < -0.4 is 0 Å². The summed E-state index contributed by atoms with van der Waals surface area (Å²) < 4.78 is 38.8. The zero-order chi connectivity index (χ0) is 12.5. The van der Waals surface area contributed by atoms with E-state index in [1.165, 1.54) is 12.1 Å². The van der Waals surface area contributed by atoms with E-state index >= 15 is 0 Å². The van der Waals surface area contributed by atoms with E-state index < -0.39 is 11.7 Å². The second kappa shape index (κ2) is 4.24. The molecule has 0 spiro atoms. The van der Waals surface area contributed by atoms with E-state index in [0.29, 0.717) is 5.69 Å². The first kappa shape index (κ1) is 11.7. The van der Waals surface area contributed by atoms with E-state index in [1.54, 1.807) is 10.9 Å². The molecular weight excluding hydrogens is 229 g/mol. The fourth-order valence-electron chi connectivity index (χ4n) is 1.51. The van der Waals surface area contributed by atoms with Gasteiger partial charge < -0.3 is 4.57 Å². The van der Waals surface area contributed by atoms with Gasteiger partial charge in [0.2, 0.25) is 0 Å². The molecule has 0 aliphatic heterocycles. The third kappa shape index (κ3) is 2.49. The van der Waals surface area contributed by atoms with Gasteiger partial charge in [-0.05, 0) is 30.7 Å². The molecule has 0 saturated heterocycles. The molecular formula is C12H11F3N2. The molecule has 5 heteroatoms. The number of imidazole rings is 1. The molecule has 0 bridgehead atoms. The number of rotatable bonds is 2. The molecule has 2 rings (SSSR count). The zero-order valence-corrected chi connectivity index (χ0v) is 9.20. The third-order valence-corrected chi connectivity index (χ3v) is 2.49. The van der Waals surface area contributed by atoms with Crippen LogP contribution in [0, 0.1) is 0 Å². The van der Waals surface area contributed by atoms with Crippen LogP contribution in [-0.4, -0.2) is 9.55 Å². The quantitative estimate of drug-likeness (QED) is 0.786. The van der Waals surface area contributed by atoms with Gasteiger partial charge in [-0.25, -0.2) is 4.98 Å². The van der Waals surface area contributed by atoms with E-state index in [-0.39, 0.29) is 0 Å². The maximum Gasteiger partial charge on any atom is 0.416 e. The molecule has 0 N–H and O–H groups in total. The van der Waals surface area contributed by atoms with Crippen molar-refractivity contribution in [3.05, 3.63) is 48.0 Å². The molecule has 2 nitrogen and oxygen atoms in total. The number of aromatic nitrogens is 2. The molecule has 0 radical (unpaired) electrons. The van der Waals surface area contributed by atoms with E-state index in [2.05, 4.69) is 4.98 Å². The van der Waals surface area contributed by atoms with Crippen LogP contribution in [0.15, 0.2) is 36.8 Å². The molecule has 0 unspecified atom stereocenters. The van der Waals surface area contributed by atoms with E-state index in [0.717, 1.165) is 24.2 Å². The first-order valence-electron chi connectivity index (χ1n) is 5.21. The number of alkyl halides is 3. The molecule has 17 heavy (non-hydrogen) atoms. The van der Waals surface area contributed by atoms with Crippen molar-refractivity contribution in [1.82, 2.24) is 9.55 Å². The van der Waals surface area contributed by atoms with Crippen LogP contribution in [0.3, 0.4) is 0 Å². The minimum atomic E-state index is -4.29. The number of nitrogens with zero attached hydrogens (tertiary/aromatic N) is 2. The van der Waals surface area contributed by atoms with Crippen LogP contribution in [-0.2, 0) is 12.6 Å². The topological polar surface area (TPSA) is 17.8 Å². The lowest BCUT2D eigenvalue weighted by Gasteiger charge is -2.07. The number of aryl methyl sites for hydroxylation is 1. The molecule has 0 amide bonds. The maximum atomic E-state index is 12.4.